The third-order valence-electron chi connectivity index (χ3n) is 5.63. The number of ether oxygens (including phenoxy) is 1. The van der Waals surface area contributed by atoms with E-state index in [4.69, 9.17) is 10.1 Å². The SMILES string of the molecule is CC.COc1nc(C)cc(NC(c2ccccc2)(c2ccccc2)c2ccccc2)c1C(C)=N. The number of benzene rings is 3. The largest absolute Gasteiger partial charge is 0.480 e. The quantitative estimate of drug-likeness (QED) is 0.230. The van der Waals surface area contributed by atoms with Gasteiger partial charge in [0, 0.05) is 11.4 Å². The molecule has 0 aliphatic rings. The van der Waals surface area contributed by atoms with Crippen molar-refractivity contribution >= 4 is 11.4 Å². The Bertz CT molecular complexity index is 1110. The number of hydrogen-bond acceptors (Lipinski definition) is 4. The molecule has 0 saturated carbocycles. The molecule has 2 N–H and O–H groups in total. The Kier molecular flexibility index (Phi) is 8.20. The van der Waals surface area contributed by atoms with Crippen molar-refractivity contribution in [3.63, 3.8) is 0 Å². The molecule has 0 saturated heterocycles. The minimum Gasteiger partial charge on any atom is -0.480 e. The van der Waals surface area contributed by atoms with Crippen molar-refractivity contribution in [2.75, 3.05) is 12.4 Å². The average Bonchev–Trinajstić information content (AvgIpc) is 2.89. The van der Waals surface area contributed by atoms with E-state index < -0.39 is 5.54 Å². The molecule has 0 radical (unpaired) electrons. The second-order valence-electron chi connectivity index (χ2n) is 7.79. The fourth-order valence-corrected chi connectivity index (χ4v) is 4.24. The summed E-state index contributed by atoms with van der Waals surface area (Å²) < 4.78 is 5.57. The Morgan fingerprint density at radius 1 is 0.794 bits per heavy atom. The van der Waals surface area contributed by atoms with Crippen molar-refractivity contribution in [3.05, 3.63) is 125 Å². The molecule has 34 heavy (non-hydrogen) atoms. The Labute approximate surface area is 203 Å². The predicted octanol–water partition coefficient (Wildman–Crippen LogP) is 7.22. The second-order valence-corrected chi connectivity index (χ2v) is 7.79. The summed E-state index contributed by atoms with van der Waals surface area (Å²) in [5.41, 5.74) is 5.27. The van der Waals surface area contributed by atoms with Gasteiger partial charge in [0.1, 0.15) is 5.54 Å². The summed E-state index contributed by atoms with van der Waals surface area (Å²) >= 11 is 0. The monoisotopic (exact) mass is 451 g/mol. The summed E-state index contributed by atoms with van der Waals surface area (Å²) in [6.07, 6.45) is 0. The van der Waals surface area contributed by atoms with Crippen molar-refractivity contribution < 1.29 is 4.74 Å². The van der Waals surface area contributed by atoms with Gasteiger partial charge in [-0.3, -0.25) is 0 Å². The molecule has 174 valence electrons. The Balaban J connectivity index is 0.00000158. The van der Waals surface area contributed by atoms with Gasteiger partial charge >= 0.3 is 0 Å². The number of anilines is 1. The van der Waals surface area contributed by atoms with Crippen LogP contribution in [0.2, 0.25) is 0 Å². The van der Waals surface area contributed by atoms with Crippen LogP contribution in [0.1, 0.15) is 48.7 Å². The summed E-state index contributed by atoms with van der Waals surface area (Å²) in [6, 6.07) is 33.2. The normalized spacial score (nSPS) is 10.6. The third kappa shape index (κ3) is 4.86. The number of pyridine rings is 1. The highest BCUT2D eigenvalue weighted by Crippen LogP contribution is 2.41. The van der Waals surface area contributed by atoms with Gasteiger partial charge in [0.15, 0.2) is 0 Å². The number of nitrogens with zero attached hydrogens (tertiary/aromatic N) is 1. The van der Waals surface area contributed by atoms with Crippen molar-refractivity contribution in [1.82, 2.24) is 4.98 Å². The summed E-state index contributed by atoms with van der Waals surface area (Å²) in [6.45, 7) is 7.70. The van der Waals surface area contributed by atoms with Gasteiger partial charge in [0.2, 0.25) is 5.88 Å². The van der Waals surface area contributed by atoms with Gasteiger partial charge < -0.3 is 15.5 Å². The standard InChI is InChI=1S/C28H27N3O.C2H6/c1-20-19-25(26(21(2)29)27(30-20)32-3)31-28(22-13-7-4-8-14-22,23-15-9-5-10-16-23)24-17-11-6-12-18-24;1-2/h4-19,29H,1-3H3,(H,30,31);1-2H3. The van der Waals surface area contributed by atoms with E-state index in [0.717, 1.165) is 28.1 Å². The number of hydrogen-bond donors (Lipinski definition) is 2. The zero-order valence-corrected chi connectivity index (χ0v) is 20.6. The molecule has 4 heteroatoms. The molecule has 3 aromatic carbocycles. The van der Waals surface area contributed by atoms with Gasteiger partial charge in [0.05, 0.1) is 18.4 Å². The van der Waals surface area contributed by atoms with Gasteiger partial charge in [0.25, 0.3) is 0 Å². The van der Waals surface area contributed by atoms with Crippen molar-refractivity contribution in [3.8, 4) is 5.88 Å². The second kappa shape index (κ2) is 11.3. The fourth-order valence-electron chi connectivity index (χ4n) is 4.24. The van der Waals surface area contributed by atoms with Crippen LogP contribution in [0.25, 0.3) is 0 Å². The lowest BCUT2D eigenvalue weighted by Crippen LogP contribution is -2.38. The van der Waals surface area contributed by atoms with Crippen LogP contribution < -0.4 is 10.1 Å². The molecule has 1 heterocycles. The Hall–Kier alpha value is -3.92. The maximum atomic E-state index is 8.45. The first-order valence-corrected chi connectivity index (χ1v) is 11.6. The lowest BCUT2D eigenvalue weighted by molar-refractivity contribution is 0.396. The molecule has 0 bridgehead atoms. The van der Waals surface area contributed by atoms with Crippen LogP contribution in [0.4, 0.5) is 5.69 Å². The van der Waals surface area contributed by atoms with E-state index in [0.29, 0.717) is 17.2 Å². The highest BCUT2D eigenvalue weighted by molar-refractivity contribution is 6.03. The Morgan fingerprint density at radius 3 is 1.56 bits per heavy atom. The predicted molar refractivity (Wildman–Crippen MR) is 142 cm³/mol. The highest BCUT2D eigenvalue weighted by Gasteiger charge is 2.37. The summed E-state index contributed by atoms with van der Waals surface area (Å²) in [7, 11) is 1.59. The smallest absolute Gasteiger partial charge is 0.224 e. The van der Waals surface area contributed by atoms with Crippen LogP contribution in [0.3, 0.4) is 0 Å². The topological polar surface area (TPSA) is 58.0 Å². The van der Waals surface area contributed by atoms with Crippen LogP contribution in [0.5, 0.6) is 5.88 Å². The lowest BCUT2D eigenvalue weighted by atomic mass is 9.76. The summed E-state index contributed by atoms with van der Waals surface area (Å²) in [4.78, 5) is 4.52. The molecule has 0 spiro atoms. The number of aromatic nitrogens is 1. The van der Waals surface area contributed by atoms with Crippen molar-refractivity contribution in [1.29, 1.82) is 5.41 Å². The van der Waals surface area contributed by atoms with E-state index in [2.05, 4.69) is 83.1 Å². The summed E-state index contributed by atoms with van der Waals surface area (Å²) in [5, 5.41) is 12.3. The van der Waals surface area contributed by atoms with Gasteiger partial charge in [-0.05, 0) is 36.6 Å². The molecule has 1 aromatic heterocycles. The minimum absolute atomic E-state index is 0.389. The zero-order valence-electron chi connectivity index (χ0n) is 20.6. The highest BCUT2D eigenvalue weighted by atomic mass is 16.5. The Morgan fingerprint density at radius 2 is 1.21 bits per heavy atom. The number of methoxy groups -OCH3 is 1. The molecule has 4 rings (SSSR count). The lowest BCUT2D eigenvalue weighted by Gasteiger charge is -2.38. The molecule has 0 unspecified atom stereocenters. The van der Waals surface area contributed by atoms with Gasteiger partial charge in [-0.2, -0.15) is 0 Å². The first-order chi connectivity index (χ1) is 16.6. The molecular weight excluding hydrogens is 418 g/mol. The summed E-state index contributed by atoms with van der Waals surface area (Å²) in [5.74, 6) is 0.447. The van der Waals surface area contributed by atoms with E-state index in [1.54, 1.807) is 14.0 Å². The van der Waals surface area contributed by atoms with E-state index in [-0.39, 0.29) is 0 Å². The minimum atomic E-state index is -0.688. The average molecular weight is 452 g/mol. The van der Waals surface area contributed by atoms with Crippen molar-refractivity contribution in [2.45, 2.75) is 33.2 Å². The van der Waals surface area contributed by atoms with E-state index in [9.17, 15) is 0 Å². The van der Waals surface area contributed by atoms with Crippen LogP contribution >= 0.6 is 0 Å². The van der Waals surface area contributed by atoms with Crippen LogP contribution in [-0.4, -0.2) is 17.8 Å². The molecular formula is C30H33N3O. The van der Waals surface area contributed by atoms with Crippen LogP contribution in [0.15, 0.2) is 97.1 Å². The van der Waals surface area contributed by atoms with E-state index in [1.165, 1.54) is 0 Å². The zero-order chi connectivity index (χ0) is 24.6. The van der Waals surface area contributed by atoms with Crippen LogP contribution in [-0.2, 0) is 5.54 Å². The molecule has 0 aliphatic carbocycles. The van der Waals surface area contributed by atoms with Crippen molar-refractivity contribution in [2.24, 2.45) is 0 Å². The molecule has 0 aliphatic heterocycles. The van der Waals surface area contributed by atoms with E-state index in [1.807, 2.05) is 45.0 Å². The van der Waals surface area contributed by atoms with E-state index >= 15 is 0 Å². The first kappa shape index (κ1) is 24.7. The molecule has 4 aromatic rings. The first-order valence-electron chi connectivity index (χ1n) is 11.6. The maximum Gasteiger partial charge on any atom is 0.224 e. The molecule has 4 nitrogen and oxygen atoms in total. The van der Waals surface area contributed by atoms with Gasteiger partial charge in [-0.25, -0.2) is 4.98 Å². The fraction of sp³-hybridized carbons (Fsp3) is 0.200. The molecule has 0 amide bonds. The third-order valence-corrected chi connectivity index (χ3v) is 5.63. The molecule has 0 atom stereocenters. The van der Waals surface area contributed by atoms with Gasteiger partial charge in [-0.1, -0.05) is 105 Å². The number of rotatable bonds is 7. The number of nitrogens with one attached hydrogen (secondary N) is 2. The maximum absolute atomic E-state index is 8.45. The van der Waals surface area contributed by atoms with Gasteiger partial charge in [-0.15, -0.1) is 0 Å². The number of aryl methyl sites for hydroxylation is 1. The van der Waals surface area contributed by atoms with Crippen LogP contribution in [0, 0.1) is 12.3 Å². The molecule has 0 fully saturated rings.